The third kappa shape index (κ3) is 3.18. The van der Waals surface area contributed by atoms with Gasteiger partial charge >= 0.3 is 0 Å². The van der Waals surface area contributed by atoms with E-state index in [1.165, 1.54) is 0 Å². The van der Waals surface area contributed by atoms with E-state index in [1.807, 2.05) is 31.2 Å². The normalized spacial score (nSPS) is 15.6. The van der Waals surface area contributed by atoms with Crippen LogP contribution in [0.1, 0.15) is 18.5 Å². The van der Waals surface area contributed by atoms with Gasteiger partial charge in [-0.25, -0.2) is 0 Å². The number of methoxy groups -OCH3 is 1. The van der Waals surface area contributed by atoms with E-state index in [1.54, 1.807) is 36.1 Å². The highest BCUT2D eigenvalue weighted by atomic mass is 35.5. The molecule has 0 spiro atoms. The SMILES string of the molecule is COc1ccccc1NC(=O)C1=C(C)Nc2nnnn2[C@H]1c1cccc(Cl)c1. The van der Waals surface area contributed by atoms with Crippen molar-refractivity contribution in [3.63, 3.8) is 0 Å². The van der Waals surface area contributed by atoms with Crippen molar-refractivity contribution in [3.05, 3.63) is 70.4 Å². The molecule has 0 saturated heterocycles. The second-order valence-corrected chi connectivity index (χ2v) is 6.66. The number of allylic oxidation sites excluding steroid dienone is 1. The molecule has 1 amide bonds. The number of carbonyl (C=O) groups excluding carboxylic acids is 1. The van der Waals surface area contributed by atoms with Gasteiger partial charge in [-0.15, -0.1) is 0 Å². The molecule has 142 valence electrons. The molecule has 9 heteroatoms. The van der Waals surface area contributed by atoms with Crippen LogP contribution in [0.5, 0.6) is 5.75 Å². The molecule has 1 aliphatic rings. The lowest BCUT2D eigenvalue weighted by molar-refractivity contribution is -0.113. The topological polar surface area (TPSA) is 94.0 Å². The maximum atomic E-state index is 13.3. The zero-order valence-electron chi connectivity index (χ0n) is 15.2. The van der Waals surface area contributed by atoms with Crippen LogP contribution in [0.25, 0.3) is 0 Å². The highest BCUT2D eigenvalue weighted by Gasteiger charge is 2.34. The zero-order valence-corrected chi connectivity index (χ0v) is 15.9. The quantitative estimate of drug-likeness (QED) is 0.703. The van der Waals surface area contributed by atoms with Crippen LogP contribution in [-0.4, -0.2) is 33.2 Å². The number of carbonyl (C=O) groups is 1. The molecule has 3 aromatic rings. The monoisotopic (exact) mass is 396 g/mol. The number of aromatic nitrogens is 4. The first-order valence-electron chi connectivity index (χ1n) is 8.54. The Morgan fingerprint density at radius 1 is 1.25 bits per heavy atom. The zero-order chi connectivity index (χ0) is 19.7. The van der Waals surface area contributed by atoms with Gasteiger partial charge in [-0.05, 0) is 47.2 Å². The molecule has 1 aliphatic heterocycles. The molecule has 4 rings (SSSR count). The van der Waals surface area contributed by atoms with Gasteiger partial charge in [-0.2, -0.15) is 4.68 Å². The van der Waals surface area contributed by atoms with E-state index in [-0.39, 0.29) is 5.91 Å². The Morgan fingerprint density at radius 2 is 2.07 bits per heavy atom. The van der Waals surface area contributed by atoms with E-state index in [2.05, 4.69) is 26.2 Å². The Labute approximate surface area is 166 Å². The summed E-state index contributed by atoms with van der Waals surface area (Å²) in [7, 11) is 1.56. The molecular weight excluding hydrogens is 380 g/mol. The minimum Gasteiger partial charge on any atom is -0.495 e. The number of hydrogen-bond acceptors (Lipinski definition) is 6. The standard InChI is InChI=1S/C19H17ClN6O2/c1-11-16(18(27)22-14-8-3-4-9-15(14)28-2)17(12-6-5-7-13(20)10-12)26-19(21-11)23-24-25-26/h3-10,17H,1-2H3,(H,22,27)(H,21,23,25)/t17-/m0/s1. The molecule has 2 N–H and O–H groups in total. The number of nitrogens with zero attached hydrogens (tertiary/aromatic N) is 4. The average molecular weight is 397 g/mol. The van der Waals surface area contributed by atoms with Crippen LogP contribution in [-0.2, 0) is 4.79 Å². The Hall–Kier alpha value is -3.39. The number of amides is 1. The average Bonchev–Trinajstić information content (AvgIpc) is 3.15. The van der Waals surface area contributed by atoms with Crippen LogP contribution in [0.15, 0.2) is 59.8 Å². The molecular formula is C19H17ClN6O2. The van der Waals surface area contributed by atoms with Crippen molar-refractivity contribution in [3.8, 4) is 5.75 Å². The molecule has 0 radical (unpaired) electrons. The Balaban J connectivity index is 1.77. The highest BCUT2D eigenvalue weighted by molar-refractivity contribution is 6.30. The van der Waals surface area contributed by atoms with Crippen LogP contribution >= 0.6 is 11.6 Å². The van der Waals surface area contributed by atoms with E-state index >= 15 is 0 Å². The first-order valence-corrected chi connectivity index (χ1v) is 8.91. The molecule has 2 heterocycles. The minimum absolute atomic E-state index is 0.291. The molecule has 1 aromatic heterocycles. The van der Waals surface area contributed by atoms with E-state index in [9.17, 15) is 4.79 Å². The fourth-order valence-corrected chi connectivity index (χ4v) is 3.43. The van der Waals surface area contributed by atoms with Crippen molar-refractivity contribution >= 4 is 29.1 Å². The fraction of sp³-hybridized carbons (Fsp3) is 0.158. The lowest BCUT2D eigenvalue weighted by atomic mass is 9.95. The number of benzene rings is 2. The molecule has 2 aromatic carbocycles. The predicted molar refractivity (Wildman–Crippen MR) is 105 cm³/mol. The van der Waals surface area contributed by atoms with Gasteiger partial charge in [0.1, 0.15) is 11.8 Å². The first kappa shape index (κ1) is 18.0. The number of para-hydroxylation sites is 2. The van der Waals surface area contributed by atoms with Crippen LogP contribution < -0.4 is 15.4 Å². The summed E-state index contributed by atoms with van der Waals surface area (Å²) >= 11 is 6.19. The van der Waals surface area contributed by atoms with Gasteiger partial charge in [0.2, 0.25) is 5.95 Å². The van der Waals surface area contributed by atoms with Crippen molar-refractivity contribution < 1.29 is 9.53 Å². The van der Waals surface area contributed by atoms with E-state index in [0.717, 1.165) is 5.56 Å². The van der Waals surface area contributed by atoms with E-state index in [0.29, 0.717) is 33.7 Å². The third-order valence-corrected chi connectivity index (χ3v) is 4.71. The van der Waals surface area contributed by atoms with Crippen LogP contribution in [0.4, 0.5) is 11.6 Å². The maximum absolute atomic E-state index is 13.3. The summed E-state index contributed by atoms with van der Waals surface area (Å²) in [6, 6.07) is 14.0. The molecule has 0 fully saturated rings. The summed E-state index contributed by atoms with van der Waals surface area (Å²) in [5.74, 6) is 0.734. The number of anilines is 2. The van der Waals surface area contributed by atoms with Gasteiger partial charge < -0.3 is 15.4 Å². The van der Waals surface area contributed by atoms with Gasteiger partial charge in [0.15, 0.2) is 0 Å². The van der Waals surface area contributed by atoms with E-state index in [4.69, 9.17) is 16.3 Å². The highest BCUT2D eigenvalue weighted by Crippen LogP contribution is 2.36. The molecule has 0 aliphatic carbocycles. The van der Waals surface area contributed by atoms with Crippen LogP contribution in [0.3, 0.4) is 0 Å². The van der Waals surface area contributed by atoms with Crippen molar-refractivity contribution in [2.45, 2.75) is 13.0 Å². The number of rotatable bonds is 4. The molecule has 0 bridgehead atoms. The maximum Gasteiger partial charge on any atom is 0.255 e. The number of halogens is 1. The van der Waals surface area contributed by atoms with Gasteiger partial charge in [0.05, 0.1) is 18.4 Å². The van der Waals surface area contributed by atoms with Crippen LogP contribution in [0.2, 0.25) is 5.02 Å². The summed E-state index contributed by atoms with van der Waals surface area (Å²) in [5, 5.41) is 18.3. The van der Waals surface area contributed by atoms with Gasteiger partial charge in [0.25, 0.3) is 5.91 Å². The minimum atomic E-state index is -0.528. The van der Waals surface area contributed by atoms with Crippen molar-refractivity contribution in [2.24, 2.45) is 0 Å². The summed E-state index contributed by atoms with van der Waals surface area (Å²) < 4.78 is 6.90. The summed E-state index contributed by atoms with van der Waals surface area (Å²) in [6.07, 6.45) is 0. The number of ether oxygens (including phenoxy) is 1. The summed E-state index contributed by atoms with van der Waals surface area (Å²) in [4.78, 5) is 13.3. The fourth-order valence-electron chi connectivity index (χ4n) is 3.23. The summed E-state index contributed by atoms with van der Waals surface area (Å²) in [5.41, 5.74) is 2.50. The molecule has 28 heavy (non-hydrogen) atoms. The summed E-state index contributed by atoms with van der Waals surface area (Å²) in [6.45, 7) is 1.81. The van der Waals surface area contributed by atoms with Gasteiger partial charge in [-0.3, -0.25) is 4.79 Å². The lowest BCUT2D eigenvalue weighted by Gasteiger charge is -2.28. The van der Waals surface area contributed by atoms with Crippen LogP contribution in [0, 0.1) is 0 Å². The lowest BCUT2D eigenvalue weighted by Crippen LogP contribution is -2.31. The van der Waals surface area contributed by atoms with Gasteiger partial charge in [-0.1, -0.05) is 41.0 Å². The number of tetrazole rings is 1. The van der Waals surface area contributed by atoms with Crippen molar-refractivity contribution in [2.75, 3.05) is 17.7 Å². The molecule has 8 nitrogen and oxygen atoms in total. The Kier molecular flexibility index (Phi) is 4.70. The van der Waals surface area contributed by atoms with E-state index < -0.39 is 6.04 Å². The first-order chi connectivity index (χ1) is 13.6. The third-order valence-electron chi connectivity index (χ3n) is 4.48. The predicted octanol–water partition coefficient (Wildman–Crippen LogP) is 3.26. The van der Waals surface area contributed by atoms with Crippen molar-refractivity contribution in [1.82, 2.24) is 20.2 Å². The molecule has 0 saturated carbocycles. The number of fused-ring (bicyclic) bond motifs is 1. The van der Waals surface area contributed by atoms with Crippen molar-refractivity contribution in [1.29, 1.82) is 0 Å². The Morgan fingerprint density at radius 3 is 2.86 bits per heavy atom. The van der Waals surface area contributed by atoms with Gasteiger partial charge in [0, 0.05) is 10.7 Å². The number of hydrogen-bond donors (Lipinski definition) is 2. The molecule has 1 atom stereocenters. The smallest absolute Gasteiger partial charge is 0.255 e. The largest absolute Gasteiger partial charge is 0.495 e. The molecule has 0 unspecified atom stereocenters. The number of nitrogens with one attached hydrogen (secondary N) is 2. The Bertz CT molecular complexity index is 1080. The second-order valence-electron chi connectivity index (χ2n) is 6.22. The second kappa shape index (κ2) is 7.32.